The van der Waals surface area contributed by atoms with E-state index in [1.165, 1.54) is 22.6 Å². The maximum Gasteiger partial charge on any atom is 0.245 e. The minimum Gasteiger partial charge on any atom is -0.329 e. The van der Waals surface area contributed by atoms with E-state index in [0.717, 1.165) is 19.3 Å². The van der Waals surface area contributed by atoms with E-state index >= 15 is 4.39 Å². The molecule has 6 rings (SSSR count). The van der Waals surface area contributed by atoms with Gasteiger partial charge < -0.3 is 15.1 Å². The van der Waals surface area contributed by atoms with Crippen molar-refractivity contribution in [1.29, 1.82) is 0 Å². The molecule has 3 aromatic carbocycles. The van der Waals surface area contributed by atoms with E-state index in [-0.39, 0.29) is 53.7 Å². The molecular weight excluding hydrogens is 573 g/mol. The number of ketones is 1. The van der Waals surface area contributed by atoms with Crippen LogP contribution in [0.3, 0.4) is 0 Å². The van der Waals surface area contributed by atoms with Crippen molar-refractivity contribution in [2.75, 3.05) is 23.3 Å². The first-order valence-electron chi connectivity index (χ1n) is 14.2. The van der Waals surface area contributed by atoms with Gasteiger partial charge >= 0.3 is 0 Å². The highest BCUT2D eigenvalue weighted by Gasteiger charge is 2.34. The summed E-state index contributed by atoms with van der Waals surface area (Å²) >= 11 is 6.26. The van der Waals surface area contributed by atoms with Gasteiger partial charge in [0, 0.05) is 53.2 Å². The van der Waals surface area contributed by atoms with Crippen molar-refractivity contribution in [3.05, 3.63) is 77.2 Å². The Morgan fingerprint density at radius 2 is 1.84 bits per heavy atom. The van der Waals surface area contributed by atoms with Crippen LogP contribution >= 0.6 is 11.6 Å². The Morgan fingerprint density at radius 3 is 2.53 bits per heavy atom. The highest BCUT2D eigenvalue weighted by Crippen LogP contribution is 2.33. The van der Waals surface area contributed by atoms with Crippen molar-refractivity contribution in [1.82, 2.24) is 14.7 Å². The van der Waals surface area contributed by atoms with Crippen LogP contribution in [0.4, 0.5) is 15.8 Å². The molecule has 0 bridgehead atoms. The summed E-state index contributed by atoms with van der Waals surface area (Å²) in [4.78, 5) is 54.5. The highest BCUT2D eigenvalue weighted by atomic mass is 35.5. The van der Waals surface area contributed by atoms with Crippen LogP contribution in [-0.4, -0.2) is 57.3 Å². The maximum absolute atomic E-state index is 15.4. The van der Waals surface area contributed by atoms with Crippen LogP contribution in [0.15, 0.2) is 60.7 Å². The van der Waals surface area contributed by atoms with Crippen LogP contribution in [0.1, 0.15) is 43.1 Å². The molecule has 11 heteroatoms. The SMILES string of the molecule is CC(=O)c1nn(CC(=O)N(CC(=O)Nc2cccc(-c3ccccc3Cl)c2F)C2CC2)c2ccc(N3CCCC3=O)cc12. The summed E-state index contributed by atoms with van der Waals surface area (Å²) in [5.74, 6) is -1.74. The summed E-state index contributed by atoms with van der Waals surface area (Å²) in [6, 6.07) is 16.7. The average molecular weight is 602 g/mol. The average Bonchev–Trinajstić information content (AvgIpc) is 3.63. The van der Waals surface area contributed by atoms with Crippen LogP contribution in [-0.2, 0) is 20.9 Å². The number of amides is 3. The summed E-state index contributed by atoms with van der Waals surface area (Å²) < 4.78 is 16.9. The number of carbonyl (C=O) groups is 4. The molecule has 0 unspecified atom stereocenters. The summed E-state index contributed by atoms with van der Waals surface area (Å²) in [6.45, 7) is 1.56. The Labute approximate surface area is 252 Å². The predicted octanol–water partition coefficient (Wildman–Crippen LogP) is 5.45. The van der Waals surface area contributed by atoms with Gasteiger partial charge in [-0.3, -0.25) is 23.9 Å². The van der Waals surface area contributed by atoms with E-state index < -0.39 is 11.7 Å². The smallest absolute Gasteiger partial charge is 0.245 e. The number of benzene rings is 3. The van der Waals surface area contributed by atoms with Gasteiger partial charge in [-0.25, -0.2) is 4.39 Å². The van der Waals surface area contributed by atoms with E-state index in [4.69, 9.17) is 11.6 Å². The van der Waals surface area contributed by atoms with Gasteiger partial charge in [0.05, 0.1) is 11.2 Å². The Morgan fingerprint density at radius 1 is 1.07 bits per heavy atom. The summed E-state index contributed by atoms with van der Waals surface area (Å²) in [5, 5.41) is 7.99. The molecule has 2 fully saturated rings. The second kappa shape index (κ2) is 11.6. The fourth-order valence-electron chi connectivity index (χ4n) is 5.52. The lowest BCUT2D eigenvalue weighted by atomic mass is 10.0. The van der Waals surface area contributed by atoms with Gasteiger partial charge in [-0.2, -0.15) is 5.10 Å². The van der Waals surface area contributed by atoms with E-state index in [1.54, 1.807) is 59.5 Å². The van der Waals surface area contributed by atoms with Gasteiger partial charge in [-0.05, 0) is 49.6 Å². The molecule has 4 aromatic rings. The molecule has 1 aliphatic heterocycles. The van der Waals surface area contributed by atoms with Gasteiger partial charge in [-0.15, -0.1) is 0 Å². The molecule has 220 valence electrons. The van der Waals surface area contributed by atoms with Crippen molar-refractivity contribution < 1.29 is 23.6 Å². The highest BCUT2D eigenvalue weighted by molar-refractivity contribution is 6.33. The minimum absolute atomic E-state index is 0.0120. The Kier molecular flexibility index (Phi) is 7.70. The third-order valence-corrected chi connectivity index (χ3v) is 8.13. The standard InChI is InChI=1S/C32H29ClFN5O4/c1-19(40)32-24-16-21(37-15-5-10-29(37)42)13-14-27(24)39(36-32)18-30(43)38(20-11-12-20)17-28(41)35-26-9-4-7-23(31(26)34)22-6-2-3-8-25(22)33/h2-4,6-9,13-14,16,20H,5,10-12,15,17-18H2,1H3,(H,35,41). The van der Waals surface area contributed by atoms with E-state index in [2.05, 4.69) is 10.4 Å². The first kappa shape index (κ1) is 28.5. The maximum atomic E-state index is 15.4. The van der Waals surface area contributed by atoms with Crippen LogP contribution in [0.5, 0.6) is 0 Å². The fourth-order valence-corrected chi connectivity index (χ4v) is 5.76. The van der Waals surface area contributed by atoms with Crippen molar-refractivity contribution >= 4 is 57.4 Å². The lowest BCUT2D eigenvalue weighted by Gasteiger charge is -2.22. The molecule has 0 radical (unpaired) electrons. The van der Waals surface area contributed by atoms with Crippen molar-refractivity contribution in [2.24, 2.45) is 0 Å². The van der Waals surface area contributed by atoms with Crippen LogP contribution in [0.2, 0.25) is 5.02 Å². The van der Waals surface area contributed by atoms with E-state index in [9.17, 15) is 19.2 Å². The second-order valence-electron chi connectivity index (χ2n) is 10.9. The number of nitrogens with one attached hydrogen (secondary N) is 1. The number of Topliss-reactive ketones (excluding diaryl/α,β-unsaturated/α-hetero) is 1. The molecule has 1 aliphatic carbocycles. The van der Waals surface area contributed by atoms with Gasteiger partial charge in [-0.1, -0.05) is 41.9 Å². The van der Waals surface area contributed by atoms with Crippen molar-refractivity contribution in [3.8, 4) is 11.1 Å². The lowest BCUT2D eigenvalue weighted by molar-refractivity contribution is -0.135. The number of fused-ring (bicyclic) bond motifs is 1. The molecule has 43 heavy (non-hydrogen) atoms. The number of rotatable bonds is 9. The third kappa shape index (κ3) is 5.75. The zero-order valence-electron chi connectivity index (χ0n) is 23.5. The van der Waals surface area contributed by atoms with Gasteiger partial charge in [0.2, 0.25) is 17.7 Å². The Balaban J connectivity index is 1.20. The lowest BCUT2D eigenvalue weighted by Crippen LogP contribution is -2.41. The summed E-state index contributed by atoms with van der Waals surface area (Å²) in [7, 11) is 0. The molecule has 1 aromatic heterocycles. The Bertz CT molecular complexity index is 1780. The van der Waals surface area contributed by atoms with Crippen LogP contribution in [0.25, 0.3) is 22.0 Å². The largest absolute Gasteiger partial charge is 0.329 e. The topological polar surface area (TPSA) is 105 Å². The monoisotopic (exact) mass is 601 g/mol. The van der Waals surface area contributed by atoms with Gasteiger partial charge in [0.1, 0.15) is 18.8 Å². The first-order chi connectivity index (χ1) is 20.7. The number of hydrogen-bond acceptors (Lipinski definition) is 5. The van der Waals surface area contributed by atoms with Crippen molar-refractivity contribution in [2.45, 2.75) is 45.2 Å². The zero-order valence-corrected chi connectivity index (χ0v) is 24.2. The third-order valence-electron chi connectivity index (χ3n) is 7.80. The molecular formula is C32H29ClFN5O4. The molecule has 1 N–H and O–H groups in total. The molecule has 2 aliphatic rings. The normalized spacial score (nSPS) is 14.8. The number of carbonyl (C=O) groups excluding carboxylic acids is 4. The molecule has 0 spiro atoms. The zero-order chi connectivity index (χ0) is 30.2. The van der Waals surface area contributed by atoms with Crippen molar-refractivity contribution in [3.63, 3.8) is 0 Å². The summed E-state index contributed by atoms with van der Waals surface area (Å²) in [5.41, 5.74) is 2.21. The van der Waals surface area contributed by atoms with Gasteiger partial charge in [0.25, 0.3) is 0 Å². The molecule has 9 nitrogen and oxygen atoms in total. The molecule has 1 saturated carbocycles. The van der Waals surface area contributed by atoms with E-state index in [1.807, 2.05) is 0 Å². The molecule has 3 amide bonds. The van der Waals surface area contributed by atoms with Crippen LogP contribution in [0, 0.1) is 5.82 Å². The van der Waals surface area contributed by atoms with Gasteiger partial charge in [0.15, 0.2) is 11.6 Å². The number of aromatic nitrogens is 2. The number of nitrogens with zero attached hydrogens (tertiary/aromatic N) is 4. The minimum atomic E-state index is -0.622. The van der Waals surface area contributed by atoms with Crippen LogP contribution < -0.4 is 10.2 Å². The Hall–Kier alpha value is -4.57. The number of halogens is 2. The quantitative estimate of drug-likeness (QED) is 0.257. The predicted molar refractivity (Wildman–Crippen MR) is 162 cm³/mol. The molecule has 0 atom stereocenters. The van der Waals surface area contributed by atoms with E-state index in [0.29, 0.717) is 40.1 Å². The fraction of sp³-hybridized carbons (Fsp3) is 0.281. The first-order valence-corrected chi connectivity index (χ1v) is 14.5. The molecule has 1 saturated heterocycles. The molecule has 2 heterocycles. The second-order valence-corrected chi connectivity index (χ2v) is 11.3. The summed E-state index contributed by atoms with van der Waals surface area (Å²) in [6.07, 6.45) is 2.76. The number of anilines is 2. The number of hydrogen-bond donors (Lipinski definition) is 1.